The van der Waals surface area contributed by atoms with Crippen molar-refractivity contribution < 1.29 is 18.8 Å². The van der Waals surface area contributed by atoms with Crippen LogP contribution < -0.4 is 14.8 Å². The molecule has 0 spiro atoms. The standard InChI is InChI=1S/C22H17N5O4/c28-22(19-13-29-17-7-3-4-8-18(17)30-19)25-15-6-2-1-5-14(15)11-20-26-21(27-31-20)16-12-23-9-10-24-16/h1-10,12,19H,11,13H2,(H,25,28). The molecule has 0 fully saturated rings. The molecule has 1 N–H and O–H groups in total. The lowest BCUT2D eigenvalue weighted by Gasteiger charge is -2.25. The van der Waals surface area contributed by atoms with Gasteiger partial charge in [0.1, 0.15) is 12.3 Å². The number of hydrogen-bond donors (Lipinski definition) is 1. The van der Waals surface area contributed by atoms with Crippen LogP contribution in [-0.4, -0.2) is 38.7 Å². The third kappa shape index (κ3) is 4.06. The third-order valence-electron chi connectivity index (χ3n) is 4.68. The molecule has 9 heteroatoms. The van der Waals surface area contributed by atoms with Crippen LogP contribution >= 0.6 is 0 Å². The Morgan fingerprint density at radius 2 is 1.90 bits per heavy atom. The summed E-state index contributed by atoms with van der Waals surface area (Å²) in [6.45, 7) is 0.135. The van der Waals surface area contributed by atoms with Gasteiger partial charge in [-0.1, -0.05) is 35.5 Å². The van der Waals surface area contributed by atoms with E-state index in [1.807, 2.05) is 36.4 Å². The molecule has 0 radical (unpaired) electrons. The smallest absolute Gasteiger partial charge is 0.269 e. The van der Waals surface area contributed by atoms with Crippen molar-refractivity contribution in [3.8, 4) is 23.0 Å². The van der Waals surface area contributed by atoms with Crippen molar-refractivity contribution in [2.75, 3.05) is 11.9 Å². The van der Waals surface area contributed by atoms with Crippen LogP contribution in [0.1, 0.15) is 11.5 Å². The summed E-state index contributed by atoms with van der Waals surface area (Å²) in [5, 5.41) is 6.87. The van der Waals surface area contributed by atoms with Crippen molar-refractivity contribution in [3.63, 3.8) is 0 Å². The van der Waals surface area contributed by atoms with Gasteiger partial charge in [-0.3, -0.25) is 9.78 Å². The molecule has 0 bridgehead atoms. The Labute approximate surface area is 177 Å². The van der Waals surface area contributed by atoms with Gasteiger partial charge in [-0.25, -0.2) is 4.98 Å². The van der Waals surface area contributed by atoms with E-state index in [9.17, 15) is 4.79 Å². The van der Waals surface area contributed by atoms with Crippen molar-refractivity contribution in [1.82, 2.24) is 20.1 Å². The van der Waals surface area contributed by atoms with Crippen LogP contribution in [0.15, 0.2) is 71.6 Å². The van der Waals surface area contributed by atoms with Gasteiger partial charge in [0, 0.05) is 18.1 Å². The Morgan fingerprint density at radius 3 is 2.77 bits per heavy atom. The SMILES string of the molecule is O=C(Nc1ccccc1Cc1nc(-c2cnccn2)no1)C1COc2ccccc2O1. The molecule has 154 valence electrons. The third-order valence-corrected chi connectivity index (χ3v) is 4.68. The summed E-state index contributed by atoms with van der Waals surface area (Å²) in [4.78, 5) is 25.3. The van der Waals surface area contributed by atoms with E-state index < -0.39 is 6.10 Å². The van der Waals surface area contributed by atoms with Crippen molar-refractivity contribution in [3.05, 3.63) is 78.6 Å². The van der Waals surface area contributed by atoms with Crippen molar-refractivity contribution >= 4 is 11.6 Å². The highest BCUT2D eigenvalue weighted by molar-refractivity contribution is 5.95. The van der Waals surface area contributed by atoms with Crippen LogP contribution in [0.2, 0.25) is 0 Å². The maximum absolute atomic E-state index is 12.8. The highest BCUT2D eigenvalue weighted by atomic mass is 16.6. The topological polar surface area (TPSA) is 112 Å². The van der Waals surface area contributed by atoms with Crippen LogP contribution in [0.5, 0.6) is 11.5 Å². The van der Waals surface area contributed by atoms with Gasteiger partial charge < -0.3 is 19.3 Å². The number of anilines is 1. The van der Waals surface area contributed by atoms with Crippen molar-refractivity contribution in [2.45, 2.75) is 12.5 Å². The zero-order valence-electron chi connectivity index (χ0n) is 16.3. The first kappa shape index (κ1) is 18.7. The number of ether oxygens (including phenoxy) is 2. The predicted octanol–water partition coefficient (Wildman–Crippen LogP) is 2.90. The van der Waals surface area contributed by atoms with E-state index >= 15 is 0 Å². The molecule has 0 saturated carbocycles. The maximum Gasteiger partial charge on any atom is 0.269 e. The van der Waals surface area contributed by atoms with Gasteiger partial charge in [-0.15, -0.1) is 0 Å². The minimum Gasteiger partial charge on any atom is -0.485 e. The molecular weight excluding hydrogens is 398 g/mol. The average molecular weight is 415 g/mol. The number of nitrogens with one attached hydrogen (secondary N) is 1. The van der Waals surface area contributed by atoms with Crippen LogP contribution in [-0.2, 0) is 11.2 Å². The van der Waals surface area contributed by atoms with Gasteiger partial charge in [0.15, 0.2) is 11.5 Å². The molecule has 2 aromatic heterocycles. The Hall–Kier alpha value is -4.27. The number of aromatic nitrogens is 4. The quantitative estimate of drug-likeness (QED) is 0.530. The monoisotopic (exact) mass is 415 g/mol. The predicted molar refractivity (Wildman–Crippen MR) is 110 cm³/mol. The van der Waals surface area contributed by atoms with Gasteiger partial charge in [-0.05, 0) is 23.8 Å². The number of benzene rings is 2. The number of rotatable bonds is 5. The first-order valence-corrected chi connectivity index (χ1v) is 9.62. The molecule has 0 saturated heterocycles. The second-order valence-electron chi connectivity index (χ2n) is 6.79. The number of nitrogens with zero attached hydrogens (tertiary/aromatic N) is 4. The molecule has 2 aromatic carbocycles. The molecule has 1 amide bonds. The fraction of sp³-hybridized carbons (Fsp3) is 0.136. The number of amides is 1. The highest BCUT2D eigenvalue weighted by Crippen LogP contribution is 2.31. The van der Waals surface area contributed by atoms with Crippen molar-refractivity contribution in [2.24, 2.45) is 0 Å². The lowest BCUT2D eigenvalue weighted by molar-refractivity contribution is -0.125. The Kier molecular flexibility index (Phi) is 4.97. The van der Waals surface area contributed by atoms with Crippen LogP contribution in [0.25, 0.3) is 11.5 Å². The molecule has 9 nitrogen and oxygen atoms in total. The summed E-state index contributed by atoms with van der Waals surface area (Å²) in [5.74, 6) is 1.63. The number of para-hydroxylation sites is 3. The summed E-state index contributed by atoms with van der Waals surface area (Å²) >= 11 is 0. The Morgan fingerprint density at radius 1 is 1.06 bits per heavy atom. The van der Waals surface area contributed by atoms with Gasteiger partial charge in [0.2, 0.25) is 17.8 Å². The molecule has 31 heavy (non-hydrogen) atoms. The van der Waals surface area contributed by atoms with Crippen LogP contribution in [0.4, 0.5) is 5.69 Å². The van der Waals surface area contributed by atoms with Gasteiger partial charge in [0.05, 0.1) is 12.6 Å². The average Bonchev–Trinajstić information content (AvgIpc) is 3.29. The molecule has 1 atom stereocenters. The van der Waals surface area contributed by atoms with Crippen LogP contribution in [0, 0.1) is 0 Å². The normalized spacial score (nSPS) is 14.8. The first-order valence-electron chi connectivity index (χ1n) is 9.62. The van der Waals surface area contributed by atoms with Gasteiger partial charge in [0.25, 0.3) is 5.91 Å². The number of carbonyl (C=O) groups is 1. The second kappa shape index (κ2) is 8.23. The van der Waals surface area contributed by atoms with E-state index in [1.165, 1.54) is 0 Å². The summed E-state index contributed by atoms with van der Waals surface area (Å²) in [7, 11) is 0. The first-order chi connectivity index (χ1) is 15.3. The molecule has 3 heterocycles. The number of fused-ring (bicyclic) bond motifs is 1. The fourth-order valence-corrected chi connectivity index (χ4v) is 3.17. The molecular formula is C22H17N5O4. The summed E-state index contributed by atoms with van der Waals surface area (Å²) in [5.41, 5.74) is 1.98. The van der Waals surface area contributed by atoms with Crippen molar-refractivity contribution in [1.29, 1.82) is 0 Å². The van der Waals surface area contributed by atoms with E-state index in [2.05, 4.69) is 25.4 Å². The molecule has 5 rings (SSSR count). The largest absolute Gasteiger partial charge is 0.485 e. The summed E-state index contributed by atoms with van der Waals surface area (Å²) in [6.07, 6.45) is 4.28. The van der Waals surface area contributed by atoms with E-state index in [-0.39, 0.29) is 12.5 Å². The van der Waals surface area contributed by atoms with E-state index in [0.717, 1.165) is 5.56 Å². The van der Waals surface area contributed by atoms with E-state index in [4.69, 9.17) is 14.0 Å². The van der Waals surface area contributed by atoms with Crippen LogP contribution in [0.3, 0.4) is 0 Å². The number of hydrogen-bond acceptors (Lipinski definition) is 8. The minimum atomic E-state index is -0.755. The zero-order valence-corrected chi connectivity index (χ0v) is 16.3. The molecule has 0 aliphatic carbocycles. The second-order valence-corrected chi connectivity index (χ2v) is 6.79. The molecule has 1 aliphatic heterocycles. The lowest BCUT2D eigenvalue weighted by Crippen LogP contribution is -2.40. The van der Waals surface area contributed by atoms with E-state index in [0.29, 0.717) is 41.0 Å². The Bertz CT molecular complexity index is 1210. The fourth-order valence-electron chi connectivity index (χ4n) is 3.17. The van der Waals surface area contributed by atoms with E-state index in [1.54, 1.807) is 30.7 Å². The Balaban J connectivity index is 1.30. The summed E-state index contributed by atoms with van der Waals surface area (Å²) in [6, 6.07) is 14.7. The van der Waals surface area contributed by atoms with Gasteiger partial charge in [-0.2, -0.15) is 4.98 Å². The summed E-state index contributed by atoms with van der Waals surface area (Å²) < 4.78 is 16.8. The van der Waals surface area contributed by atoms with Gasteiger partial charge >= 0.3 is 0 Å². The highest BCUT2D eigenvalue weighted by Gasteiger charge is 2.27. The zero-order chi connectivity index (χ0) is 21.0. The molecule has 1 aliphatic rings. The minimum absolute atomic E-state index is 0.135. The number of carbonyl (C=O) groups excluding carboxylic acids is 1. The maximum atomic E-state index is 12.8. The molecule has 4 aromatic rings. The lowest BCUT2D eigenvalue weighted by atomic mass is 10.1. The molecule has 1 unspecified atom stereocenters.